The van der Waals surface area contributed by atoms with Crippen LogP contribution in [0.2, 0.25) is 0 Å². The maximum Gasteiger partial charge on any atom is 0.0184 e. The van der Waals surface area contributed by atoms with Crippen LogP contribution >= 0.6 is 27.7 Å². The van der Waals surface area contributed by atoms with Crippen LogP contribution in [-0.4, -0.2) is 6.26 Å². The maximum atomic E-state index is 3.44. The summed E-state index contributed by atoms with van der Waals surface area (Å²) < 4.78 is 1.17. The van der Waals surface area contributed by atoms with Crippen molar-refractivity contribution in [1.29, 1.82) is 0 Å². The summed E-state index contributed by atoms with van der Waals surface area (Å²) in [6, 6.07) is 6.43. The summed E-state index contributed by atoms with van der Waals surface area (Å²) in [5.41, 5.74) is 2.80. The van der Waals surface area contributed by atoms with E-state index in [1.807, 2.05) is 11.8 Å². The molecule has 0 saturated heterocycles. The molecule has 0 aromatic heterocycles. The molecule has 1 aromatic rings. The van der Waals surface area contributed by atoms with E-state index < -0.39 is 0 Å². The standard InChI is InChI=1S/C9H11BrS/c1-7-5-9(10)4-3-8(7)6-11-2/h3-5H,6H2,1-2H3. The minimum atomic E-state index is 1.11. The van der Waals surface area contributed by atoms with Crippen molar-refractivity contribution in [2.24, 2.45) is 0 Å². The second-order valence-corrected chi connectivity index (χ2v) is 4.29. The van der Waals surface area contributed by atoms with Gasteiger partial charge in [-0.05, 0) is 36.4 Å². The molecular weight excluding hydrogens is 220 g/mol. The van der Waals surface area contributed by atoms with Crippen LogP contribution in [0.5, 0.6) is 0 Å². The van der Waals surface area contributed by atoms with Gasteiger partial charge >= 0.3 is 0 Å². The summed E-state index contributed by atoms with van der Waals surface area (Å²) >= 11 is 5.30. The minimum absolute atomic E-state index is 1.11. The minimum Gasteiger partial charge on any atom is -0.161 e. The molecule has 0 aliphatic rings. The smallest absolute Gasteiger partial charge is 0.0184 e. The van der Waals surface area contributed by atoms with E-state index in [9.17, 15) is 0 Å². The van der Waals surface area contributed by atoms with Crippen molar-refractivity contribution >= 4 is 27.7 Å². The van der Waals surface area contributed by atoms with Crippen molar-refractivity contribution < 1.29 is 0 Å². The highest BCUT2D eigenvalue weighted by molar-refractivity contribution is 9.10. The second-order valence-electron chi connectivity index (χ2n) is 2.50. The van der Waals surface area contributed by atoms with E-state index in [0.717, 1.165) is 5.75 Å². The molecule has 0 heterocycles. The lowest BCUT2D eigenvalue weighted by Gasteiger charge is -2.03. The number of rotatable bonds is 2. The number of aryl methyl sites for hydroxylation is 1. The molecular formula is C9H11BrS. The fourth-order valence-electron chi connectivity index (χ4n) is 0.977. The van der Waals surface area contributed by atoms with Crippen molar-refractivity contribution in [1.82, 2.24) is 0 Å². The van der Waals surface area contributed by atoms with Gasteiger partial charge in [0.2, 0.25) is 0 Å². The fourth-order valence-corrected chi connectivity index (χ4v) is 2.09. The van der Waals surface area contributed by atoms with Crippen molar-refractivity contribution in [3.05, 3.63) is 33.8 Å². The van der Waals surface area contributed by atoms with Gasteiger partial charge < -0.3 is 0 Å². The van der Waals surface area contributed by atoms with Crippen molar-refractivity contribution in [2.75, 3.05) is 6.26 Å². The topological polar surface area (TPSA) is 0 Å². The molecule has 1 aromatic carbocycles. The van der Waals surface area contributed by atoms with Gasteiger partial charge in [0.25, 0.3) is 0 Å². The molecule has 60 valence electrons. The Bertz CT molecular complexity index is 245. The van der Waals surface area contributed by atoms with Crippen molar-refractivity contribution in [3.8, 4) is 0 Å². The third kappa shape index (κ3) is 2.53. The van der Waals surface area contributed by atoms with Gasteiger partial charge in [0, 0.05) is 10.2 Å². The molecule has 0 saturated carbocycles. The van der Waals surface area contributed by atoms with Gasteiger partial charge in [-0.1, -0.05) is 22.0 Å². The van der Waals surface area contributed by atoms with Crippen LogP contribution < -0.4 is 0 Å². The Kier molecular flexibility index (Phi) is 3.46. The summed E-state index contributed by atoms with van der Waals surface area (Å²) in [5, 5.41) is 0. The van der Waals surface area contributed by atoms with E-state index in [4.69, 9.17) is 0 Å². The van der Waals surface area contributed by atoms with Gasteiger partial charge in [-0.2, -0.15) is 11.8 Å². The third-order valence-electron chi connectivity index (χ3n) is 1.60. The van der Waals surface area contributed by atoms with Gasteiger partial charge in [-0.3, -0.25) is 0 Å². The summed E-state index contributed by atoms with van der Waals surface area (Å²) in [5.74, 6) is 1.11. The molecule has 0 unspecified atom stereocenters. The molecule has 0 amide bonds. The predicted octanol–water partition coefficient (Wildman–Crippen LogP) is 3.62. The zero-order valence-electron chi connectivity index (χ0n) is 6.73. The van der Waals surface area contributed by atoms with E-state index in [1.54, 1.807) is 0 Å². The highest BCUT2D eigenvalue weighted by Crippen LogP contribution is 2.18. The van der Waals surface area contributed by atoms with Crippen LogP contribution in [0.15, 0.2) is 22.7 Å². The first-order chi connectivity index (χ1) is 5.24. The molecule has 0 N–H and O–H groups in total. The molecule has 0 aliphatic carbocycles. The van der Waals surface area contributed by atoms with Crippen LogP contribution in [-0.2, 0) is 5.75 Å². The van der Waals surface area contributed by atoms with E-state index in [-0.39, 0.29) is 0 Å². The largest absolute Gasteiger partial charge is 0.161 e. The number of hydrogen-bond donors (Lipinski definition) is 0. The molecule has 11 heavy (non-hydrogen) atoms. The maximum absolute atomic E-state index is 3.44. The molecule has 0 bridgehead atoms. The third-order valence-corrected chi connectivity index (χ3v) is 2.70. The van der Waals surface area contributed by atoms with E-state index in [2.05, 4.69) is 47.3 Å². The van der Waals surface area contributed by atoms with Gasteiger partial charge in [0.1, 0.15) is 0 Å². The van der Waals surface area contributed by atoms with E-state index in [1.165, 1.54) is 15.6 Å². The van der Waals surface area contributed by atoms with E-state index >= 15 is 0 Å². The Morgan fingerprint density at radius 1 is 1.45 bits per heavy atom. The van der Waals surface area contributed by atoms with Crippen LogP contribution in [0.1, 0.15) is 11.1 Å². The van der Waals surface area contributed by atoms with Crippen LogP contribution in [0.3, 0.4) is 0 Å². The number of benzene rings is 1. The zero-order chi connectivity index (χ0) is 8.27. The summed E-state index contributed by atoms with van der Waals surface area (Å²) in [6.07, 6.45) is 2.13. The average Bonchev–Trinajstić information content (AvgIpc) is 1.95. The molecule has 0 spiro atoms. The highest BCUT2D eigenvalue weighted by Gasteiger charge is 1.96. The second kappa shape index (κ2) is 4.17. The SMILES string of the molecule is CSCc1ccc(Br)cc1C. The lowest BCUT2D eigenvalue weighted by Crippen LogP contribution is -1.84. The van der Waals surface area contributed by atoms with Crippen molar-refractivity contribution in [2.45, 2.75) is 12.7 Å². The number of hydrogen-bond acceptors (Lipinski definition) is 1. The summed E-state index contributed by atoms with van der Waals surface area (Å²) in [7, 11) is 0. The molecule has 0 nitrogen and oxygen atoms in total. The normalized spacial score (nSPS) is 10.1. The Balaban J connectivity index is 2.90. The van der Waals surface area contributed by atoms with Crippen molar-refractivity contribution in [3.63, 3.8) is 0 Å². The molecule has 0 radical (unpaired) electrons. The first-order valence-electron chi connectivity index (χ1n) is 3.48. The van der Waals surface area contributed by atoms with Crippen LogP contribution in [0, 0.1) is 6.92 Å². The number of thioether (sulfide) groups is 1. The first kappa shape index (κ1) is 9.14. The van der Waals surface area contributed by atoms with Gasteiger partial charge in [0.15, 0.2) is 0 Å². The molecule has 1 rings (SSSR count). The Morgan fingerprint density at radius 3 is 2.73 bits per heavy atom. The quantitative estimate of drug-likeness (QED) is 0.749. The van der Waals surface area contributed by atoms with Gasteiger partial charge in [0.05, 0.1) is 0 Å². The van der Waals surface area contributed by atoms with Gasteiger partial charge in [-0.15, -0.1) is 0 Å². The summed E-state index contributed by atoms with van der Waals surface area (Å²) in [4.78, 5) is 0. The van der Waals surface area contributed by atoms with Crippen LogP contribution in [0.25, 0.3) is 0 Å². The monoisotopic (exact) mass is 230 g/mol. The highest BCUT2D eigenvalue weighted by atomic mass is 79.9. The molecule has 2 heteroatoms. The Morgan fingerprint density at radius 2 is 2.18 bits per heavy atom. The molecule has 0 aliphatic heterocycles. The Hall–Kier alpha value is 0.0500. The first-order valence-corrected chi connectivity index (χ1v) is 5.66. The lowest BCUT2D eigenvalue weighted by atomic mass is 10.1. The predicted molar refractivity (Wildman–Crippen MR) is 56.1 cm³/mol. The van der Waals surface area contributed by atoms with Crippen LogP contribution in [0.4, 0.5) is 0 Å². The van der Waals surface area contributed by atoms with E-state index in [0.29, 0.717) is 0 Å². The zero-order valence-corrected chi connectivity index (χ0v) is 9.13. The molecule has 0 fully saturated rings. The summed E-state index contributed by atoms with van der Waals surface area (Å²) in [6.45, 7) is 2.15. The average molecular weight is 231 g/mol. The number of halogens is 1. The lowest BCUT2D eigenvalue weighted by molar-refractivity contribution is 1.30. The Labute approximate surface area is 80.5 Å². The van der Waals surface area contributed by atoms with Gasteiger partial charge in [-0.25, -0.2) is 0 Å². The molecule has 0 atom stereocenters. The fraction of sp³-hybridized carbons (Fsp3) is 0.333.